The van der Waals surface area contributed by atoms with Crippen LogP contribution in [-0.4, -0.2) is 30.1 Å². The highest BCUT2D eigenvalue weighted by Gasteiger charge is 2.06. The molecule has 0 saturated heterocycles. The van der Waals surface area contributed by atoms with E-state index in [1.807, 2.05) is 24.3 Å². The second-order valence-electron chi connectivity index (χ2n) is 3.93. The van der Waals surface area contributed by atoms with Crippen LogP contribution < -0.4 is 10.6 Å². The van der Waals surface area contributed by atoms with Gasteiger partial charge < -0.3 is 15.5 Å². The molecular weight excluding hydrogens is 287 g/mol. The van der Waals surface area contributed by atoms with E-state index >= 15 is 0 Å². The maximum absolute atomic E-state index is 8.58. The van der Waals surface area contributed by atoms with Gasteiger partial charge in [0.15, 0.2) is 5.76 Å². The standard InChI is InChI=1S/C13H18Cl2N2O2/c14-5-7-17(8-6-15)12-3-1-11(2-4-12)9-13(10-16)19-18/h1-4,10,18H,5-9,16H2/b13-10+. The Hall–Kier alpha value is -1.10. The molecule has 0 atom stereocenters. The molecule has 0 spiro atoms. The molecule has 0 aliphatic carbocycles. The predicted molar refractivity (Wildman–Crippen MR) is 79.8 cm³/mol. The maximum Gasteiger partial charge on any atom is 0.161 e. The zero-order chi connectivity index (χ0) is 14.1. The summed E-state index contributed by atoms with van der Waals surface area (Å²) in [5, 5.41) is 8.58. The van der Waals surface area contributed by atoms with Gasteiger partial charge in [-0.05, 0) is 17.7 Å². The first-order valence-electron chi connectivity index (χ1n) is 5.93. The Bertz CT molecular complexity index is 390. The van der Waals surface area contributed by atoms with Crippen molar-refractivity contribution in [3.8, 4) is 0 Å². The summed E-state index contributed by atoms with van der Waals surface area (Å²) in [6.07, 6.45) is 1.68. The molecule has 0 amide bonds. The van der Waals surface area contributed by atoms with E-state index in [9.17, 15) is 0 Å². The molecule has 0 aliphatic rings. The fourth-order valence-corrected chi connectivity index (χ4v) is 2.13. The van der Waals surface area contributed by atoms with Gasteiger partial charge in [-0.2, -0.15) is 0 Å². The molecule has 19 heavy (non-hydrogen) atoms. The zero-order valence-electron chi connectivity index (χ0n) is 10.6. The summed E-state index contributed by atoms with van der Waals surface area (Å²) >= 11 is 11.5. The van der Waals surface area contributed by atoms with Crippen molar-refractivity contribution in [3.63, 3.8) is 0 Å². The molecule has 0 aliphatic heterocycles. The first kappa shape index (κ1) is 16.0. The Kier molecular flexibility index (Phi) is 7.48. The first-order chi connectivity index (χ1) is 9.24. The number of hydrogen-bond acceptors (Lipinski definition) is 4. The van der Waals surface area contributed by atoms with Gasteiger partial charge in [0.2, 0.25) is 0 Å². The molecule has 0 aromatic heterocycles. The monoisotopic (exact) mass is 304 g/mol. The Labute approximate surface area is 123 Å². The van der Waals surface area contributed by atoms with Crippen LogP contribution in [0.1, 0.15) is 5.56 Å². The number of halogens is 2. The van der Waals surface area contributed by atoms with Gasteiger partial charge >= 0.3 is 0 Å². The number of anilines is 1. The van der Waals surface area contributed by atoms with Crippen LogP contribution in [0.15, 0.2) is 36.2 Å². The van der Waals surface area contributed by atoms with Crippen LogP contribution in [0.25, 0.3) is 0 Å². The van der Waals surface area contributed by atoms with Crippen molar-refractivity contribution < 1.29 is 10.1 Å². The molecule has 1 aromatic carbocycles. The number of allylic oxidation sites excluding steroid dienone is 1. The number of nitrogens with two attached hydrogens (primary N) is 1. The van der Waals surface area contributed by atoms with Crippen LogP contribution in [0.3, 0.4) is 0 Å². The predicted octanol–water partition coefficient (Wildman–Crippen LogP) is 2.80. The smallest absolute Gasteiger partial charge is 0.161 e. The molecule has 1 rings (SSSR count). The van der Waals surface area contributed by atoms with E-state index in [0.29, 0.717) is 23.9 Å². The third-order valence-corrected chi connectivity index (χ3v) is 3.03. The van der Waals surface area contributed by atoms with E-state index in [4.69, 9.17) is 34.2 Å². The van der Waals surface area contributed by atoms with Crippen molar-refractivity contribution >= 4 is 28.9 Å². The number of alkyl halides is 2. The molecule has 0 fully saturated rings. The fourth-order valence-electron chi connectivity index (χ4n) is 1.72. The average molecular weight is 305 g/mol. The van der Waals surface area contributed by atoms with Crippen molar-refractivity contribution in [1.29, 1.82) is 0 Å². The lowest BCUT2D eigenvalue weighted by molar-refractivity contribution is -0.204. The van der Waals surface area contributed by atoms with Gasteiger partial charge in [-0.1, -0.05) is 12.1 Å². The second kappa shape index (κ2) is 8.91. The van der Waals surface area contributed by atoms with E-state index in [0.717, 1.165) is 24.3 Å². The van der Waals surface area contributed by atoms with Gasteiger partial charge in [0.1, 0.15) is 0 Å². The Morgan fingerprint density at radius 1 is 1.21 bits per heavy atom. The van der Waals surface area contributed by atoms with E-state index in [1.54, 1.807) is 0 Å². The largest absolute Gasteiger partial charge is 0.402 e. The minimum absolute atomic E-state index is 0.311. The molecular formula is C13H18Cl2N2O2. The van der Waals surface area contributed by atoms with Crippen molar-refractivity contribution in [3.05, 3.63) is 41.8 Å². The normalized spacial score (nSPS) is 11.4. The molecule has 6 heteroatoms. The first-order valence-corrected chi connectivity index (χ1v) is 7.00. The highest BCUT2D eigenvalue weighted by Crippen LogP contribution is 2.17. The molecule has 0 saturated carbocycles. The van der Waals surface area contributed by atoms with Crippen molar-refractivity contribution in [2.24, 2.45) is 5.73 Å². The van der Waals surface area contributed by atoms with Gasteiger partial charge in [0.05, 0.1) is 0 Å². The molecule has 4 nitrogen and oxygen atoms in total. The molecule has 0 heterocycles. The molecule has 0 radical (unpaired) electrons. The number of nitrogens with zero attached hydrogens (tertiary/aromatic N) is 1. The minimum atomic E-state index is 0.311. The van der Waals surface area contributed by atoms with Crippen LogP contribution in [0.5, 0.6) is 0 Å². The fraction of sp³-hybridized carbons (Fsp3) is 0.385. The molecule has 0 unspecified atom stereocenters. The number of benzene rings is 1. The lowest BCUT2D eigenvalue weighted by Gasteiger charge is -2.23. The maximum atomic E-state index is 8.58. The second-order valence-corrected chi connectivity index (χ2v) is 4.69. The summed E-state index contributed by atoms with van der Waals surface area (Å²) in [6, 6.07) is 7.88. The number of rotatable bonds is 8. The summed E-state index contributed by atoms with van der Waals surface area (Å²) in [7, 11) is 0. The Morgan fingerprint density at radius 2 is 1.79 bits per heavy atom. The van der Waals surface area contributed by atoms with Crippen molar-refractivity contribution in [2.75, 3.05) is 29.7 Å². The summed E-state index contributed by atoms with van der Waals surface area (Å²) in [4.78, 5) is 6.27. The molecule has 0 bridgehead atoms. The van der Waals surface area contributed by atoms with Crippen LogP contribution in [0, 0.1) is 0 Å². The van der Waals surface area contributed by atoms with Gasteiger partial charge in [0, 0.05) is 43.2 Å². The Morgan fingerprint density at radius 3 is 2.21 bits per heavy atom. The van der Waals surface area contributed by atoms with Gasteiger partial charge in [-0.15, -0.1) is 23.2 Å². The average Bonchev–Trinajstić information content (AvgIpc) is 2.45. The lowest BCUT2D eigenvalue weighted by Crippen LogP contribution is -2.27. The summed E-state index contributed by atoms with van der Waals surface area (Å²) < 4.78 is 0. The summed E-state index contributed by atoms with van der Waals surface area (Å²) in [6.45, 7) is 1.50. The highest BCUT2D eigenvalue weighted by atomic mass is 35.5. The van der Waals surface area contributed by atoms with Crippen molar-refractivity contribution in [1.82, 2.24) is 0 Å². The van der Waals surface area contributed by atoms with E-state index in [-0.39, 0.29) is 0 Å². The Balaban J connectivity index is 2.73. The SMILES string of the molecule is N/C=C(\Cc1ccc(N(CCCl)CCCl)cc1)OO. The molecule has 1 aromatic rings. The topological polar surface area (TPSA) is 58.7 Å². The van der Waals surface area contributed by atoms with E-state index in [1.165, 1.54) is 6.20 Å². The highest BCUT2D eigenvalue weighted by molar-refractivity contribution is 6.18. The van der Waals surface area contributed by atoms with E-state index in [2.05, 4.69) is 9.79 Å². The zero-order valence-corrected chi connectivity index (χ0v) is 12.1. The van der Waals surface area contributed by atoms with Crippen LogP contribution >= 0.6 is 23.2 Å². The van der Waals surface area contributed by atoms with Gasteiger partial charge in [-0.25, -0.2) is 5.26 Å². The molecule has 106 valence electrons. The van der Waals surface area contributed by atoms with Crippen LogP contribution in [-0.2, 0) is 11.3 Å². The van der Waals surface area contributed by atoms with Crippen molar-refractivity contribution in [2.45, 2.75) is 6.42 Å². The minimum Gasteiger partial charge on any atom is -0.402 e. The third kappa shape index (κ3) is 5.19. The quantitative estimate of drug-likeness (QED) is 0.335. The lowest BCUT2D eigenvalue weighted by atomic mass is 10.1. The third-order valence-electron chi connectivity index (χ3n) is 2.69. The number of hydrogen-bond donors (Lipinski definition) is 2. The van der Waals surface area contributed by atoms with E-state index < -0.39 is 0 Å². The van der Waals surface area contributed by atoms with Crippen LogP contribution in [0.2, 0.25) is 0 Å². The van der Waals surface area contributed by atoms with Crippen LogP contribution in [0.4, 0.5) is 5.69 Å². The van der Waals surface area contributed by atoms with Gasteiger partial charge in [0.25, 0.3) is 0 Å². The van der Waals surface area contributed by atoms with Gasteiger partial charge in [-0.3, -0.25) is 0 Å². The summed E-state index contributed by atoms with van der Waals surface area (Å²) in [5.41, 5.74) is 7.36. The summed E-state index contributed by atoms with van der Waals surface area (Å²) in [5.74, 6) is 1.42. The molecule has 3 N–H and O–H groups in total.